The highest BCUT2D eigenvalue weighted by Gasteiger charge is 2.27. The van der Waals surface area contributed by atoms with Gasteiger partial charge in [0.05, 0.1) is 12.2 Å². The second-order valence-electron chi connectivity index (χ2n) is 5.33. The SMILES string of the molecule is CCOC(=O)c1c(NC(=O)c2ccncc2)sc2c1CCCC2. The van der Waals surface area contributed by atoms with Crippen molar-refractivity contribution >= 4 is 28.2 Å². The number of hydrogen-bond acceptors (Lipinski definition) is 5. The van der Waals surface area contributed by atoms with Crippen molar-refractivity contribution < 1.29 is 14.3 Å². The summed E-state index contributed by atoms with van der Waals surface area (Å²) < 4.78 is 5.19. The number of rotatable bonds is 4. The normalized spacial score (nSPS) is 13.3. The van der Waals surface area contributed by atoms with Crippen LogP contribution in [0.3, 0.4) is 0 Å². The first kappa shape index (κ1) is 15.7. The number of ether oxygens (including phenoxy) is 1. The fraction of sp³-hybridized carbons (Fsp3) is 0.353. The van der Waals surface area contributed by atoms with Crippen molar-refractivity contribution in [3.63, 3.8) is 0 Å². The summed E-state index contributed by atoms with van der Waals surface area (Å²) in [6.45, 7) is 2.10. The van der Waals surface area contributed by atoms with Crippen molar-refractivity contribution in [2.45, 2.75) is 32.6 Å². The van der Waals surface area contributed by atoms with Gasteiger partial charge in [0.1, 0.15) is 5.00 Å². The van der Waals surface area contributed by atoms with Crippen LogP contribution >= 0.6 is 11.3 Å². The maximum absolute atomic E-state index is 12.4. The molecule has 1 aliphatic rings. The van der Waals surface area contributed by atoms with E-state index in [1.165, 1.54) is 16.2 Å². The summed E-state index contributed by atoms with van der Waals surface area (Å²) in [5.74, 6) is -0.589. The summed E-state index contributed by atoms with van der Waals surface area (Å²) in [5.41, 5.74) is 2.10. The molecule has 1 N–H and O–H groups in total. The van der Waals surface area contributed by atoms with E-state index >= 15 is 0 Å². The summed E-state index contributed by atoms with van der Waals surface area (Å²) >= 11 is 1.49. The summed E-state index contributed by atoms with van der Waals surface area (Å²) in [6, 6.07) is 3.29. The van der Waals surface area contributed by atoms with Gasteiger partial charge in [0, 0.05) is 22.8 Å². The van der Waals surface area contributed by atoms with Crippen molar-refractivity contribution in [1.29, 1.82) is 0 Å². The molecule has 0 aromatic carbocycles. The Balaban J connectivity index is 1.93. The largest absolute Gasteiger partial charge is 0.462 e. The molecule has 1 amide bonds. The average molecular weight is 330 g/mol. The van der Waals surface area contributed by atoms with Crippen LogP contribution in [-0.4, -0.2) is 23.5 Å². The molecule has 23 heavy (non-hydrogen) atoms. The maximum Gasteiger partial charge on any atom is 0.341 e. The monoisotopic (exact) mass is 330 g/mol. The van der Waals surface area contributed by atoms with E-state index in [1.807, 2.05) is 0 Å². The molecule has 6 heteroatoms. The first-order valence-corrected chi connectivity index (χ1v) is 8.55. The first-order chi connectivity index (χ1) is 11.2. The van der Waals surface area contributed by atoms with Gasteiger partial charge in [-0.3, -0.25) is 9.78 Å². The Bertz CT molecular complexity index is 725. The molecule has 2 aromatic rings. The topological polar surface area (TPSA) is 68.3 Å². The summed E-state index contributed by atoms with van der Waals surface area (Å²) in [5, 5.41) is 3.47. The van der Waals surface area contributed by atoms with Gasteiger partial charge >= 0.3 is 5.97 Å². The molecule has 120 valence electrons. The molecule has 0 bridgehead atoms. The van der Waals surface area contributed by atoms with Crippen LogP contribution in [0.1, 0.15) is 50.9 Å². The first-order valence-electron chi connectivity index (χ1n) is 7.73. The lowest BCUT2D eigenvalue weighted by Gasteiger charge is -2.12. The lowest BCUT2D eigenvalue weighted by molar-refractivity contribution is 0.0526. The molecule has 1 aliphatic carbocycles. The Labute approximate surface area is 138 Å². The number of aryl methyl sites for hydroxylation is 1. The van der Waals surface area contributed by atoms with Gasteiger partial charge in [0.25, 0.3) is 5.91 Å². The highest BCUT2D eigenvalue weighted by Crippen LogP contribution is 2.38. The summed E-state index contributed by atoms with van der Waals surface area (Å²) in [4.78, 5) is 29.8. The Morgan fingerprint density at radius 2 is 2.00 bits per heavy atom. The van der Waals surface area contributed by atoms with Crippen molar-refractivity contribution in [2.24, 2.45) is 0 Å². The highest BCUT2D eigenvalue weighted by molar-refractivity contribution is 7.17. The number of anilines is 1. The number of esters is 1. The zero-order valence-electron chi connectivity index (χ0n) is 12.9. The number of nitrogens with one attached hydrogen (secondary N) is 1. The van der Waals surface area contributed by atoms with E-state index in [1.54, 1.807) is 31.5 Å². The van der Waals surface area contributed by atoms with Gasteiger partial charge in [-0.2, -0.15) is 0 Å². The number of nitrogens with zero attached hydrogens (tertiary/aromatic N) is 1. The van der Waals surface area contributed by atoms with Crippen molar-refractivity contribution in [3.05, 3.63) is 46.1 Å². The van der Waals surface area contributed by atoms with Crippen molar-refractivity contribution in [3.8, 4) is 0 Å². The molecule has 0 spiro atoms. The number of aromatic nitrogens is 1. The van der Waals surface area contributed by atoms with E-state index in [4.69, 9.17) is 4.74 Å². The molecule has 3 rings (SSSR count). The number of carbonyl (C=O) groups is 2. The van der Waals surface area contributed by atoms with Crippen LogP contribution in [0, 0.1) is 0 Å². The number of carbonyl (C=O) groups excluding carboxylic acids is 2. The van der Waals surface area contributed by atoms with E-state index in [-0.39, 0.29) is 11.9 Å². The molecule has 0 atom stereocenters. The van der Waals surface area contributed by atoms with Crippen LogP contribution in [0.5, 0.6) is 0 Å². The minimum Gasteiger partial charge on any atom is -0.462 e. The van der Waals surface area contributed by atoms with Crippen molar-refractivity contribution in [1.82, 2.24) is 4.98 Å². The van der Waals surface area contributed by atoms with Crippen LogP contribution in [0.15, 0.2) is 24.5 Å². The van der Waals surface area contributed by atoms with E-state index in [9.17, 15) is 9.59 Å². The van der Waals surface area contributed by atoms with Gasteiger partial charge in [0.15, 0.2) is 0 Å². The molecular formula is C17H18N2O3S. The molecule has 0 fully saturated rings. The second kappa shape index (κ2) is 6.91. The third-order valence-electron chi connectivity index (χ3n) is 3.82. The smallest absolute Gasteiger partial charge is 0.341 e. The molecule has 0 saturated heterocycles. The minimum absolute atomic E-state index is 0.239. The Morgan fingerprint density at radius 1 is 1.26 bits per heavy atom. The zero-order chi connectivity index (χ0) is 16.2. The number of amides is 1. The van der Waals surface area contributed by atoms with E-state index in [0.717, 1.165) is 31.2 Å². The molecule has 2 heterocycles. The molecule has 2 aromatic heterocycles. The number of hydrogen-bond donors (Lipinski definition) is 1. The number of thiophene rings is 1. The third-order valence-corrected chi connectivity index (χ3v) is 5.03. The predicted molar refractivity (Wildman–Crippen MR) is 89.1 cm³/mol. The van der Waals surface area contributed by atoms with Crippen LogP contribution in [0.25, 0.3) is 0 Å². The minimum atomic E-state index is -0.350. The third kappa shape index (κ3) is 3.27. The van der Waals surface area contributed by atoms with E-state index in [2.05, 4.69) is 10.3 Å². The predicted octanol–water partition coefficient (Wildman–Crippen LogP) is 3.45. The molecule has 0 aliphatic heterocycles. The molecule has 0 saturated carbocycles. The molecular weight excluding hydrogens is 312 g/mol. The van der Waals surface area contributed by atoms with Crippen LogP contribution < -0.4 is 5.32 Å². The van der Waals surface area contributed by atoms with E-state index < -0.39 is 0 Å². The van der Waals surface area contributed by atoms with Crippen LogP contribution in [0.2, 0.25) is 0 Å². The fourth-order valence-corrected chi connectivity index (χ4v) is 4.02. The Kier molecular flexibility index (Phi) is 4.71. The summed E-state index contributed by atoms with van der Waals surface area (Å²) in [7, 11) is 0. The van der Waals surface area contributed by atoms with Crippen molar-refractivity contribution in [2.75, 3.05) is 11.9 Å². The number of fused-ring (bicyclic) bond motifs is 1. The maximum atomic E-state index is 12.4. The van der Waals surface area contributed by atoms with Gasteiger partial charge in [0.2, 0.25) is 0 Å². The fourth-order valence-electron chi connectivity index (χ4n) is 2.75. The average Bonchev–Trinajstić information content (AvgIpc) is 2.93. The number of pyridine rings is 1. The summed E-state index contributed by atoms with van der Waals surface area (Å²) in [6.07, 6.45) is 7.14. The molecule has 5 nitrogen and oxygen atoms in total. The van der Waals surface area contributed by atoms with Gasteiger partial charge in [-0.15, -0.1) is 11.3 Å². The Morgan fingerprint density at radius 3 is 2.74 bits per heavy atom. The van der Waals surface area contributed by atoms with Crippen LogP contribution in [-0.2, 0) is 17.6 Å². The standard InChI is InChI=1S/C17H18N2O3S/c1-2-22-17(21)14-12-5-3-4-6-13(12)23-16(14)19-15(20)11-7-9-18-10-8-11/h7-10H,2-6H2,1H3,(H,19,20). The lowest BCUT2D eigenvalue weighted by Crippen LogP contribution is -2.15. The Hall–Kier alpha value is -2.21. The molecule has 0 radical (unpaired) electrons. The van der Waals surface area contributed by atoms with Gasteiger partial charge in [-0.1, -0.05) is 0 Å². The van der Waals surface area contributed by atoms with Crippen LogP contribution in [0.4, 0.5) is 5.00 Å². The van der Waals surface area contributed by atoms with Gasteiger partial charge in [-0.25, -0.2) is 4.79 Å². The van der Waals surface area contributed by atoms with Gasteiger partial charge < -0.3 is 10.1 Å². The van der Waals surface area contributed by atoms with E-state index in [0.29, 0.717) is 22.7 Å². The molecule has 0 unspecified atom stereocenters. The lowest BCUT2D eigenvalue weighted by atomic mass is 9.95. The second-order valence-corrected chi connectivity index (χ2v) is 6.43. The highest BCUT2D eigenvalue weighted by atomic mass is 32.1. The zero-order valence-corrected chi connectivity index (χ0v) is 13.7. The quantitative estimate of drug-likeness (QED) is 0.872. The van der Waals surface area contributed by atoms with Gasteiger partial charge in [-0.05, 0) is 50.3 Å².